The molecule has 0 amide bonds. The Hall–Kier alpha value is -2.32. The van der Waals surface area contributed by atoms with Crippen LogP contribution >= 0.6 is 0 Å². The third-order valence-electron chi connectivity index (χ3n) is 4.83. The number of anilines is 1. The van der Waals surface area contributed by atoms with Crippen LogP contribution in [0.4, 0.5) is 18.9 Å². The third-order valence-corrected chi connectivity index (χ3v) is 4.83. The van der Waals surface area contributed by atoms with E-state index >= 15 is 0 Å². The number of pyridine rings is 1. The van der Waals surface area contributed by atoms with Gasteiger partial charge in [0.25, 0.3) is 5.56 Å². The molecule has 136 valence electrons. The van der Waals surface area contributed by atoms with E-state index in [0.29, 0.717) is 24.2 Å². The number of fused-ring (bicyclic) bond motifs is 1. The Labute approximate surface area is 141 Å². The van der Waals surface area contributed by atoms with E-state index in [1.54, 1.807) is 11.8 Å². The van der Waals surface area contributed by atoms with Gasteiger partial charge in [0.05, 0.1) is 11.6 Å². The molecule has 3 heterocycles. The van der Waals surface area contributed by atoms with Crippen LogP contribution in [0.3, 0.4) is 0 Å². The Morgan fingerprint density at radius 3 is 2.52 bits per heavy atom. The highest BCUT2D eigenvalue weighted by molar-refractivity contribution is 5.90. The number of halogens is 3. The summed E-state index contributed by atoms with van der Waals surface area (Å²) in [5, 5.41) is 0.187. The zero-order chi connectivity index (χ0) is 18.5. The summed E-state index contributed by atoms with van der Waals surface area (Å²) in [6.07, 6.45) is -2.31. The fraction of sp³-hybridized carbons (Fsp3) is 0.562. The lowest BCUT2D eigenvalue weighted by molar-refractivity contribution is -0.175. The Balaban J connectivity index is 2.24. The van der Waals surface area contributed by atoms with E-state index in [1.807, 2.05) is 0 Å². The highest BCUT2D eigenvalue weighted by Crippen LogP contribution is 2.36. The molecule has 1 aliphatic rings. The summed E-state index contributed by atoms with van der Waals surface area (Å²) in [6.45, 7) is 1.94. The SMILES string of the molecule is Cc1cnc2c(c1N1CCCC(C(F)(F)F)C1)c(=O)n(C)c(=O)n2C. The van der Waals surface area contributed by atoms with Gasteiger partial charge in [0.1, 0.15) is 5.39 Å². The number of piperidine rings is 1. The molecule has 0 spiro atoms. The van der Waals surface area contributed by atoms with E-state index in [9.17, 15) is 22.8 Å². The molecule has 25 heavy (non-hydrogen) atoms. The summed E-state index contributed by atoms with van der Waals surface area (Å²) in [6, 6.07) is 0. The first-order chi connectivity index (χ1) is 11.6. The van der Waals surface area contributed by atoms with Crippen LogP contribution in [0.2, 0.25) is 0 Å². The molecule has 0 radical (unpaired) electrons. The summed E-state index contributed by atoms with van der Waals surface area (Å²) >= 11 is 0. The van der Waals surface area contributed by atoms with Gasteiger partial charge in [-0.15, -0.1) is 0 Å². The van der Waals surface area contributed by atoms with E-state index in [4.69, 9.17) is 0 Å². The van der Waals surface area contributed by atoms with Gasteiger partial charge in [0.2, 0.25) is 0 Å². The molecule has 9 heteroatoms. The maximum absolute atomic E-state index is 13.2. The van der Waals surface area contributed by atoms with Gasteiger partial charge in [0, 0.05) is 33.4 Å². The van der Waals surface area contributed by atoms with Crippen molar-refractivity contribution in [1.82, 2.24) is 14.1 Å². The molecule has 2 aromatic heterocycles. The topological polar surface area (TPSA) is 60.1 Å². The second-order valence-corrected chi connectivity index (χ2v) is 6.52. The smallest absolute Gasteiger partial charge is 0.370 e. The molecular weight excluding hydrogens is 337 g/mol. The van der Waals surface area contributed by atoms with Crippen LogP contribution in [0, 0.1) is 12.8 Å². The standard InChI is InChI=1S/C16H19F3N4O2/c1-9-7-20-13-11(14(24)22(3)15(25)21(13)2)12(9)23-6-4-5-10(8-23)16(17,18)19/h7,10H,4-6,8H2,1-3H3. The number of hydrogen-bond acceptors (Lipinski definition) is 4. The molecule has 0 saturated carbocycles. The van der Waals surface area contributed by atoms with Crippen molar-refractivity contribution < 1.29 is 13.2 Å². The second kappa shape index (κ2) is 5.89. The molecule has 3 rings (SSSR count). The molecule has 1 saturated heterocycles. The van der Waals surface area contributed by atoms with Crippen molar-refractivity contribution in [3.05, 3.63) is 32.6 Å². The summed E-state index contributed by atoms with van der Waals surface area (Å²) in [5.74, 6) is -1.43. The highest BCUT2D eigenvalue weighted by atomic mass is 19.4. The zero-order valence-corrected chi connectivity index (χ0v) is 14.2. The summed E-state index contributed by atoms with van der Waals surface area (Å²) < 4.78 is 41.7. The molecule has 0 N–H and O–H groups in total. The van der Waals surface area contributed by atoms with Crippen molar-refractivity contribution in [2.45, 2.75) is 25.9 Å². The quantitative estimate of drug-likeness (QED) is 0.781. The number of aromatic nitrogens is 3. The lowest BCUT2D eigenvalue weighted by Crippen LogP contribution is -2.43. The monoisotopic (exact) mass is 356 g/mol. The number of rotatable bonds is 1. The summed E-state index contributed by atoms with van der Waals surface area (Å²) in [5.41, 5.74) is 0.175. The van der Waals surface area contributed by atoms with Crippen molar-refractivity contribution >= 4 is 16.7 Å². The minimum Gasteiger partial charge on any atom is -0.370 e. The molecule has 1 fully saturated rings. The normalized spacial score (nSPS) is 18.8. The average molecular weight is 356 g/mol. The van der Waals surface area contributed by atoms with Crippen LogP contribution in [-0.4, -0.2) is 33.4 Å². The minimum absolute atomic E-state index is 0.0819. The van der Waals surface area contributed by atoms with Gasteiger partial charge >= 0.3 is 11.9 Å². The molecule has 0 aromatic carbocycles. The highest BCUT2D eigenvalue weighted by Gasteiger charge is 2.42. The first kappa shape index (κ1) is 17.5. The van der Waals surface area contributed by atoms with Gasteiger partial charge in [-0.3, -0.25) is 13.9 Å². The fourth-order valence-corrected chi connectivity index (χ4v) is 3.46. The predicted molar refractivity (Wildman–Crippen MR) is 88.0 cm³/mol. The lowest BCUT2D eigenvalue weighted by Gasteiger charge is -2.36. The Morgan fingerprint density at radius 1 is 1.20 bits per heavy atom. The van der Waals surface area contributed by atoms with Crippen LogP contribution in [0.5, 0.6) is 0 Å². The van der Waals surface area contributed by atoms with Crippen LogP contribution in [0.1, 0.15) is 18.4 Å². The molecule has 0 bridgehead atoms. The number of hydrogen-bond donors (Lipinski definition) is 0. The molecule has 1 aliphatic heterocycles. The maximum atomic E-state index is 13.2. The van der Waals surface area contributed by atoms with Crippen molar-refractivity contribution in [2.24, 2.45) is 20.0 Å². The fourth-order valence-electron chi connectivity index (χ4n) is 3.46. The second-order valence-electron chi connectivity index (χ2n) is 6.52. The Kier molecular flexibility index (Phi) is 4.12. The Morgan fingerprint density at radius 2 is 1.88 bits per heavy atom. The molecule has 1 atom stereocenters. The largest absolute Gasteiger partial charge is 0.393 e. The van der Waals surface area contributed by atoms with Crippen LogP contribution in [0.25, 0.3) is 11.0 Å². The number of aryl methyl sites for hydroxylation is 2. The molecule has 2 aromatic rings. The number of alkyl halides is 3. The van der Waals surface area contributed by atoms with Crippen LogP contribution in [-0.2, 0) is 14.1 Å². The van der Waals surface area contributed by atoms with Gasteiger partial charge in [-0.25, -0.2) is 9.78 Å². The molecule has 6 nitrogen and oxygen atoms in total. The maximum Gasteiger partial charge on any atom is 0.393 e. The first-order valence-corrected chi connectivity index (χ1v) is 8.00. The van der Waals surface area contributed by atoms with E-state index in [-0.39, 0.29) is 24.0 Å². The Bertz CT molecular complexity index is 946. The lowest BCUT2D eigenvalue weighted by atomic mass is 9.96. The molecule has 0 aliphatic carbocycles. The van der Waals surface area contributed by atoms with Crippen molar-refractivity contribution in [3.8, 4) is 0 Å². The zero-order valence-electron chi connectivity index (χ0n) is 14.2. The van der Waals surface area contributed by atoms with E-state index < -0.39 is 23.3 Å². The van der Waals surface area contributed by atoms with Gasteiger partial charge in [-0.05, 0) is 25.3 Å². The molecule has 1 unspecified atom stereocenters. The predicted octanol–water partition coefficient (Wildman–Crippen LogP) is 1.72. The minimum atomic E-state index is -4.27. The van der Waals surface area contributed by atoms with Crippen LogP contribution < -0.4 is 16.1 Å². The van der Waals surface area contributed by atoms with Crippen LogP contribution in [0.15, 0.2) is 15.8 Å². The number of nitrogens with zero attached hydrogens (tertiary/aromatic N) is 4. The van der Waals surface area contributed by atoms with Crippen molar-refractivity contribution in [2.75, 3.05) is 18.0 Å². The third kappa shape index (κ3) is 2.81. The average Bonchev–Trinajstić information content (AvgIpc) is 2.57. The summed E-state index contributed by atoms with van der Waals surface area (Å²) in [4.78, 5) is 30.5. The molecular formula is C16H19F3N4O2. The van der Waals surface area contributed by atoms with E-state index in [1.165, 1.54) is 24.9 Å². The van der Waals surface area contributed by atoms with Gasteiger partial charge in [-0.1, -0.05) is 0 Å². The van der Waals surface area contributed by atoms with Gasteiger partial charge in [-0.2, -0.15) is 13.2 Å². The van der Waals surface area contributed by atoms with Crippen molar-refractivity contribution in [3.63, 3.8) is 0 Å². The van der Waals surface area contributed by atoms with E-state index in [0.717, 1.165) is 4.57 Å². The van der Waals surface area contributed by atoms with E-state index in [2.05, 4.69) is 4.98 Å². The van der Waals surface area contributed by atoms with Gasteiger partial charge in [0.15, 0.2) is 5.65 Å². The van der Waals surface area contributed by atoms with Gasteiger partial charge < -0.3 is 4.90 Å². The first-order valence-electron chi connectivity index (χ1n) is 8.00. The van der Waals surface area contributed by atoms with Crippen molar-refractivity contribution in [1.29, 1.82) is 0 Å². The summed E-state index contributed by atoms with van der Waals surface area (Å²) in [7, 11) is 2.84.